The van der Waals surface area contributed by atoms with Gasteiger partial charge in [-0.15, -0.1) is 0 Å². The van der Waals surface area contributed by atoms with Crippen LogP contribution in [0, 0.1) is 11.3 Å². The lowest BCUT2D eigenvalue weighted by atomic mass is 9.76. The number of rotatable bonds is 6. The van der Waals surface area contributed by atoms with Gasteiger partial charge in [0.1, 0.15) is 5.75 Å². The molecule has 126 valence electrons. The maximum absolute atomic E-state index is 12.4. The van der Waals surface area contributed by atoms with Gasteiger partial charge >= 0.3 is 5.97 Å². The first-order valence-electron chi connectivity index (χ1n) is 8.03. The highest BCUT2D eigenvalue weighted by atomic mass is 16.5. The van der Waals surface area contributed by atoms with Crippen molar-refractivity contribution in [2.45, 2.75) is 33.1 Å². The summed E-state index contributed by atoms with van der Waals surface area (Å²) in [6.45, 7) is 4.69. The summed E-state index contributed by atoms with van der Waals surface area (Å²) in [4.78, 5) is 25.7. The predicted molar refractivity (Wildman–Crippen MR) is 87.4 cm³/mol. The first kappa shape index (κ1) is 17.3. The van der Waals surface area contributed by atoms with Crippen molar-refractivity contribution in [3.05, 3.63) is 29.8 Å². The normalized spacial score (nSPS) is 20.8. The number of nitrogens with zero attached hydrogens (tertiary/aromatic N) is 1. The van der Waals surface area contributed by atoms with Crippen molar-refractivity contribution in [1.82, 2.24) is 4.90 Å². The number of aliphatic carboxylic acids is 1. The van der Waals surface area contributed by atoms with E-state index in [2.05, 4.69) is 0 Å². The zero-order valence-corrected chi connectivity index (χ0v) is 14.0. The molecule has 1 heterocycles. The third kappa shape index (κ3) is 3.66. The molecule has 0 aliphatic carbocycles. The molecule has 2 rings (SSSR count). The highest BCUT2D eigenvalue weighted by Gasteiger charge is 2.48. The number of ether oxygens (including phenoxy) is 1. The van der Waals surface area contributed by atoms with Crippen LogP contribution in [0.25, 0.3) is 0 Å². The van der Waals surface area contributed by atoms with Crippen LogP contribution in [0.2, 0.25) is 0 Å². The number of aryl methyl sites for hydroxylation is 1. The Morgan fingerprint density at radius 3 is 2.43 bits per heavy atom. The van der Waals surface area contributed by atoms with Crippen molar-refractivity contribution in [2.24, 2.45) is 11.3 Å². The Bertz CT molecular complexity index is 567. The maximum atomic E-state index is 12.4. The molecular weight excluding hydrogens is 294 g/mol. The summed E-state index contributed by atoms with van der Waals surface area (Å²) in [7, 11) is 1.62. The van der Waals surface area contributed by atoms with Crippen LogP contribution in [0.1, 0.15) is 32.3 Å². The summed E-state index contributed by atoms with van der Waals surface area (Å²) in [6.07, 6.45) is 1.59. The van der Waals surface area contributed by atoms with E-state index in [1.54, 1.807) is 12.0 Å². The van der Waals surface area contributed by atoms with Crippen LogP contribution in [0.3, 0.4) is 0 Å². The van der Waals surface area contributed by atoms with E-state index in [4.69, 9.17) is 4.74 Å². The van der Waals surface area contributed by atoms with Gasteiger partial charge in [0.25, 0.3) is 0 Å². The second kappa shape index (κ2) is 7.02. The van der Waals surface area contributed by atoms with Gasteiger partial charge in [0, 0.05) is 19.5 Å². The fourth-order valence-corrected chi connectivity index (χ4v) is 3.14. The molecule has 0 aromatic heterocycles. The minimum absolute atomic E-state index is 0.0133. The van der Waals surface area contributed by atoms with Crippen LogP contribution in [0.15, 0.2) is 24.3 Å². The lowest BCUT2D eigenvalue weighted by molar-refractivity contribution is -0.151. The average Bonchev–Trinajstić information content (AvgIpc) is 3.00. The topological polar surface area (TPSA) is 66.8 Å². The molecule has 5 heteroatoms. The van der Waals surface area contributed by atoms with Gasteiger partial charge < -0.3 is 14.7 Å². The van der Waals surface area contributed by atoms with E-state index in [9.17, 15) is 14.7 Å². The molecule has 1 fully saturated rings. The monoisotopic (exact) mass is 319 g/mol. The molecule has 0 radical (unpaired) electrons. The van der Waals surface area contributed by atoms with Crippen LogP contribution < -0.4 is 4.74 Å². The van der Waals surface area contributed by atoms with E-state index in [0.29, 0.717) is 32.4 Å². The number of hydrogen-bond acceptors (Lipinski definition) is 3. The summed E-state index contributed by atoms with van der Waals surface area (Å²) < 4.78 is 5.11. The molecule has 1 atom stereocenters. The highest BCUT2D eigenvalue weighted by molar-refractivity contribution is 5.81. The third-order valence-corrected chi connectivity index (χ3v) is 4.97. The molecule has 1 aromatic rings. The van der Waals surface area contributed by atoms with Crippen molar-refractivity contribution in [3.8, 4) is 5.75 Å². The van der Waals surface area contributed by atoms with Crippen LogP contribution in [-0.2, 0) is 16.0 Å². The number of carbonyl (C=O) groups is 2. The standard InChI is InChI=1S/C18H25NO4/c1-13(2)18(17(21)22)10-11-19(12-18)16(20)9-6-14-4-7-15(23-3)8-5-14/h4-5,7-8,13H,6,9-12H2,1-3H3,(H,21,22). The van der Waals surface area contributed by atoms with Gasteiger partial charge in [-0.05, 0) is 36.5 Å². The fourth-order valence-electron chi connectivity index (χ4n) is 3.14. The number of likely N-dealkylation sites (tertiary alicyclic amines) is 1. The van der Waals surface area contributed by atoms with Crippen LogP contribution >= 0.6 is 0 Å². The Balaban J connectivity index is 1.92. The molecular formula is C18H25NO4. The molecule has 23 heavy (non-hydrogen) atoms. The SMILES string of the molecule is COc1ccc(CCC(=O)N2CCC(C(=O)O)(C(C)C)C2)cc1. The predicted octanol–water partition coefficient (Wildman–Crippen LogP) is 2.59. The fraction of sp³-hybridized carbons (Fsp3) is 0.556. The first-order chi connectivity index (χ1) is 10.9. The molecule has 1 aliphatic rings. The van der Waals surface area contributed by atoms with Gasteiger partial charge in [-0.25, -0.2) is 0 Å². The summed E-state index contributed by atoms with van der Waals surface area (Å²) in [5.41, 5.74) is 0.280. The average molecular weight is 319 g/mol. The second-order valence-electron chi connectivity index (χ2n) is 6.53. The number of hydrogen-bond donors (Lipinski definition) is 1. The minimum Gasteiger partial charge on any atom is -0.497 e. The Labute approximate surface area is 137 Å². The number of amides is 1. The summed E-state index contributed by atoms with van der Waals surface area (Å²) in [5.74, 6) is 0.0460. The quantitative estimate of drug-likeness (QED) is 0.875. The third-order valence-electron chi connectivity index (χ3n) is 4.97. The molecule has 1 unspecified atom stereocenters. The molecule has 1 aromatic carbocycles. The number of carboxylic acids is 1. The van der Waals surface area contributed by atoms with Gasteiger partial charge in [0.05, 0.1) is 12.5 Å². The Morgan fingerprint density at radius 1 is 1.30 bits per heavy atom. The number of carboxylic acid groups (broad SMARTS) is 1. The molecule has 0 saturated carbocycles. The van der Waals surface area contributed by atoms with E-state index in [0.717, 1.165) is 11.3 Å². The molecule has 1 amide bonds. The minimum atomic E-state index is -0.796. The zero-order chi connectivity index (χ0) is 17.0. The van der Waals surface area contributed by atoms with Crippen molar-refractivity contribution in [2.75, 3.05) is 20.2 Å². The van der Waals surface area contributed by atoms with E-state index in [1.807, 2.05) is 38.1 Å². The van der Waals surface area contributed by atoms with Gasteiger partial charge in [0.2, 0.25) is 5.91 Å². The molecule has 0 spiro atoms. The van der Waals surface area contributed by atoms with Crippen molar-refractivity contribution in [3.63, 3.8) is 0 Å². The van der Waals surface area contributed by atoms with Gasteiger partial charge in [-0.1, -0.05) is 26.0 Å². The lowest BCUT2D eigenvalue weighted by Crippen LogP contribution is -2.40. The second-order valence-corrected chi connectivity index (χ2v) is 6.53. The number of carbonyl (C=O) groups excluding carboxylic acids is 1. The van der Waals surface area contributed by atoms with Gasteiger partial charge in [0.15, 0.2) is 0 Å². The molecule has 1 aliphatic heterocycles. The van der Waals surface area contributed by atoms with Crippen molar-refractivity contribution >= 4 is 11.9 Å². The summed E-state index contributed by atoms with van der Waals surface area (Å²) in [5, 5.41) is 9.54. The van der Waals surface area contributed by atoms with Crippen molar-refractivity contribution in [1.29, 1.82) is 0 Å². The number of benzene rings is 1. The first-order valence-corrected chi connectivity index (χ1v) is 8.03. The Hall–Kier alpha value is -2.04. The van der Waals surface area contributed by atoms with Crippen LogP contribution in [0.5, 0.6) is 5.75 Å². The summed E-state index contributed by atoms with van der Waals surface area (Å²) in [6, 6.07) is 7.66. The Kier molecular flexibility index (Phi) is 5.29. The molecule has 0 bridgehead atoms. The van der Waals surface area contributed by atoms with Crippen LogP contribution in [-0.4, -0.2) is 42.1 Å². The van der Waals surface area contributed by atoms with Gasteiger partial charge in [-0.3, -0.25) is 9.59 Å². The van der Waals surface area contributed by atoms with E-state index >= 15 is 0 Å². The molecule has 1 N–H and O–H groups in total. The van der Waals surface area contributed by atoms with Gasteiger partial charge in [-0.2, -0.15) is 0 Å². The molecule has 5 nitrogen and oxygen atoms in total. The lowest BCUT2D eigenvalue weighted by Gasteiger charge is -2.28. The Morgan fingerprint density at radius 2 is 1.96 bits per heavy atom. The highest BCUT2D eigenvalue weighted by Crippen LogP contribution is 2.38. The van der Waals surface area contributed by atoms with E-state index < -0.39 is 11.4 Å². The smallest absolute Gasteiger partial charge is 0.311 e. The van der Waals surface area contributed by atoms with Crippen molar-refractivity contribution < 1.29 is 19.4 Å². The zero-order valence-electron chi connectivity index (χ0n) is 14.0. The van der Waals surface area contributed by atoms with E-state index in [1.165, 1.54) is 0 Å². The number of methoxy groups -OCH3 is 1. The molecule has 1 saturated heterocycles. The summed E-state index contributed by atoms with van der Waals surface area (Å²) >= 11 is 0. The van der Waals surface area contributed by atoms with E-state index in [-0.39, 0.29) is 11.8 Å². The maximum Gasteiger partial charge on any atom is 0.311 e. The largest absolute Gasteiger partial charge is 0.497 e. The van der Waals surface area contributed by atoms with Crippen LogP contribution in [0.4, 0.5) is 0 Å².